The summed E-state index contributed by atoms with van der Waals surface area (Å²) >= 11 is 0. The molecule has 0 saturated carbocycles. The molecular weight excluding hydrogens is 823 g/mol. The van der Waals surface area contributed by atoms with Crippen LogP contribution in [-0.2, 0) is 21.8 Å². The lowest BCUT2D eigenvalue weighted by Gasteiger charge is -2.35. The maximum atomic E-state index is 5.36. The summed E-state index contributed by atoms with van der Waals surface area (Å²) in [5.41, 5.74) is 14.6. The summed E-state index contributed by atoms with van der Waals surface area (Å²) < 4.78 is 4.08. The van der Waals surface area contributed by atoms with Crippen LogP contribution in [0, 0.1) is 0 Å². The number of pyridine rings is 7. The molecule has 318 valence electrons. The minimum Gasteiger partial charge on any atom is -0.259 e. The summed E-state index contributed by atoms with van der Waals surface area (Å²) in [6, 6.07) is 50.9. The normalized spacial score (nSPS) is 16.0. The van der Waals surface area contributed by atoms with E-state index in [0.29, 0.717) is 0 Å². The van der Waals surface area contributed by atoms with Crippen molar-refractivity contribution in [2.45, 2.75) is 42.6 Å². The number of rotatable bonds is 6. The van der Waals surface area contributed by atoms with E-state index in [1.54, 1.807) is 0 Å². The van der Waals surface area contributed by atoms with E-state index in [1.165, 1.54) is 5.56 Å². The van der Waals surface area contributed by atoms with Gasteiger partial charge in [-0.05, 0) is 82.3 Å². The summed E-state index contributed by atoms with van der Waals surface area (Å²) in [6.07, 6.45) is 17.4. The molecule has 0 atom stereocenters. The molecule has 0 fully saturated rings. The van der Waals surface area contributed by atoms with Gasteiger partial charge in [-0.1, -0.05) is 109 Å². The predicted octanol–water partition coefficient (Wildman–Crippen LogP) is 10.1. The molecule has 67 heavy (non-hydrogen) atoms. The second-order valence-corrected chi connectivity index (χ2v) is 18.8. The summed E-state index contributed by atoms with van der Waals surface area (Å²) in [5, 5.41) is 0. The molecule has 7 aromatic heterocycles. The van der Waals surface area contributed by atoms with E-state index in [-0.39, 0.29) is 5.41 Å². The lowest BCUT2D eigenvalue weighted by atomic mass is 9.67. The fourth-order valence-electron chi connectivity index (χ4n) is 11.5. The Hall–Kier alpha value is -8.39. The van der Waals surface area contributed by atoms with Gasteiger partial charge in [0.25, 0.3) is 5.54 Å². The molecule has 9 heteroatoms. The van der Waals surface area contributed by atoms with Gasteiger partial charge in [0, 0.05) is 82.3 Å². The molecule has 0 N–H and O–H groups in total. The van der Waals surface area contributed by atoms with Gasteiger partial charge in [-0.3, -0.25) is 34.9 Å². The van der Waals surface area contributed by atoms with Crippen LogP contribution in [0.3, 0.4) is 0 Å². The maximum absolute atomic E-state index is 5.36. The fraction of sp³-hybridized carbons (Fsp3) is 0.138. The van der Waals surface area contributed by atoms with Crippen LogP contribution < -0.4 is 0 Å². The molecule has 4 aliphatic rings. The first-order valence-corrected chi connectivity index (χ1v) is 22.7. The molecule has 0 amide bonds. The molecule has 1 aliphatic heterocycles. The third-order valence-corrected chi connectivity index (χ3v) is 14.3. The van der Waals surface area contributed by atoms with Gasteiger partial charge in [0.15, 0.2) is 7.05 Å². The Kier molecular flexibility index (Phi) is 8.18. The van der Waals surface area contributed by atoms with Crippen LogP contribution in [0.4, 0.5) is 0 Å². The molecule has 0 saturated heterocycles. The molecule has 0 bridgehead atoms. The van der Waals surface area contributed by atoms with Crippen LogP contribution in [0.5, 0.6) is 0 Å². The Bertz CT molecular complexity index is 3530. The van der Waals surface area contributed by atoms with E-state index in [1.807, 2.05) is 97.6 Å². The molecule has 0 spiro atoms. The molecular formula is C58H43N9+2. The van der Waals surface area contributed by atoms with E-state index in [4.69, 9.17) is 34.9 Å². The first kappa shape index (κ1) is 39.0. The van der Waals surface area contributed by atoms with Crippen molar-refractivity contribution < 1.29 is 9.15 Å². The fourth-order valence-corrected chi connectivity index (χ4v) is 11.5. The standard InChI is InChI=1S/C58H43N9/c1-55(2,3)37-23-30-59-48(35-37)57(51-44(19-9-26-62-51)45-20-10-27-63-52(45)57)40-15-5-13-38(33-40)56(49-42(17-7-24-60-49)43-18-8-25-61-50(43)56)39-14-6-16-41(34-39)58(67-32-31-66(4)36-67)53-46(21-11-28-64-53)47-22-12-29-65-54(47)58/h5-35H,1-4H3/q+2. The van der Waals surface area contributed by atoms with Crippen molar-refractivity contribution in [3.8, 4) is 33.4 Å². The van der Waals surface area contributed by atoms with Crippen LogP contribution in [0.2, 0.25) is 0 Å². The summed E-state index contributed by atoms with van der Waals surface area (Å²) in [7, 11) is 1.99. The van der Waals surface area contributed by atoms with E-state index < -0.39 is 16.4 Å². The Balaban J connectivity index is 1.13. The quantitative estimate of drug-likeness (QED) is 0.154. The van der Waals surface area contributed by atoms with Crippen molar-refractivity contribution in [1.82, 2.24) is 34.9 Å². The Labute approximate surface area is 388 Å². The summed E-state index contributed by atoms with van der Waals surface area (Å²) in [5.74, 6) is 0. The zero-order valence-corrected chi connectivity index (χ0v) is 37.4. The summed E-state index contributed by atoms with van der Waals surface area (Å²) in [4.78, 5) is 36.8. The van der Waals surface area contributed by atoms with Crippen LogP contribution in [0.15, 0.2) is 189 Å². The molecule has 13 rings (SSSR count). The number of fused-ring (bicyclic) bond motifs is 9. The lowest BCUT2D eigenvalue weighted by Crippen LogP contribution is -2.39. The highest BCUT2D eigenvalue weighted by atomic mass is 15.2. The number of benzene rings is 2. The van der Waals surface area contributed by atoms with Gasteiger partial charge in [-0.15, -0.1) is 0 Å². The highest BCUT2D eigenvalue weighted by Crippen LogP contribution is 2.59. The third kappa shape index (κ3) is 5.12. The molecule has 3 aliphatic carbocycles. The summed E-state index contributed by atoms with van der Waals surface area (Å²) in [6.45, 7) is 6.73. The van der Waals surface area contributed by atoms with Gasteiger partial charge in [0.2, 0.25) is 12.4 Å². The van der Waals surface area contributed by atoms with Crippen molar-refractivity contribution in [2.24, 2.45) is 0 Å². The van der Waals surface area contributed by atoms with Crippen LogP contribution in [0.25, 0.3) is 33.4 Å². The zero-order chi connectivity index (χ0) is 45.1. The van der Waals surface area contributed by atoms with Crippen molar-refractivity contribution in [3.63, 3.8) is 0 Å². The Morgan fingerprint density at radius 3 is 1.25 bits per heavy atom. The van der Waals surface area contributed by atoms with E-state index >= 15 is 0 Å². The maximum Gasteiger partial charge on any atom is 0.490 e. The van der Waals surface area contributed by atoms with Crippen molar-refractivity contribution in [3.05, 3.63) is 257 Å². The van der Waals surface area contributed by atoms with Gasteiger partial charge in [-0.2, -0.15) is 0 Å². The number of hydrogen-bond acceptors (Lipinski definition) is 7. The minimum absolute atomic E-state index is 0.137. The second-order valence-electron chi connectivity index (χ2n) is 18.8. The molecule has 8 heterocycles. The predicted molar refractivity (Wildman–Crippen MR) is 257 cm³/mol. The van der Waals surface area contributed by atoms with Gasteiger partial charge in [0.05, 0.1) is 28.5 Å². The number of hydrogen-bond donors (Lipinski definition) is 0. The second kappa shape index (κ2) is 14.1. The number of aromatic nitrogens is 7. The van der Waals surface area contributed by atoms with Gasteiger partial charge in [-0.25, -0.2) is 0 Å². The topological polar surface area (TPSA) is 96.2 Å². The Morgan fingerprint density at radius 1 is 0.403 bits per heavy atom. The SMILES string of the molecule is C[N+]1=C=[N+](C2(c3cccc(C4(c5cccc(C6(c7cc(C(C)(C)C)ccn7)c7ncccc7-c7cccnc76)c5)c5ncccc5-c5cccnc54)c3)c3ncccc3-c3cccnc32)C=C1. The minimum atomic E-state index is -0.996. The molecule has 0 radical (unpaired) electrons. The number of nitrogens with zero attached hydrogens (tertiary/aromatic N) is 9. The molecule has 2 aromatic carbocycles. The average molecular weight is 866 g/mol. The third-order valence-electron chi connectivity index (χ3n) is 14.3. The highest BCUT2D eigenvalue weighted by molar-refractivity contribution is 5.86. The molecule has 0 unspecified atom stereocenters. The van der Waals surface area contributed by atoms with E-state index in [2.05, 4.69) is 135 Å². The highest BCUT2D eigenvalue weighted by Gasteiger charge is 2.60. The zero-order valence-electron chi connectivity index (χ0n) is 37.4. The Morgan fingerprint density at radius 2 is 0.806 bits per heavy atom. The van der Waals surface area contributed by atoms with Crippen LogP contribution >= 0.6 is 0 Å². The van der Waals surface area contributed by atoms with E-state index in [0.717, 1.165) is 95.5 Å². The first-order chi connectivity index (χ1) is 32.8. The monoisotopic (exact) mass is 865 g/mol. The molecule has 9 aromatic rings. The largest absolute Gasteiger partial charge is 0.490 e. The first-order valence-electron chi connectivity index (χ1n) is 22.7. The average Bonchev–Trinajstić information content (AvgIpc) is 4.11. The smallest absolute Gasteiger partial charge is 0.259 e. The van der Waals surface area contributed by atoms with Crippen LogP contribution in [-0.4, -0.2) is 57.1 Å². The van der Waals surface area contributed by atoms with Crippen molar-refractivity contribution in [1.29, 1.82) is 0 Å². The van der Waals surface area contributed by atoms with Gasteiger partial charge >= 0.3 is 6.01 Å². The van der Waals surface area contributed by atoms with Crippen LogP contribution in [0.1, 0.15) is 88.4 Å². The van der Waals surface area contributed by atoms with E-state index in [9.17, 15) is 0 Å². The lowest BCUT2D eigenvalue weighted by molar-refractivity contribution is -0.534. The van der Waals surface area contributed by atoms with Crippen molar-refractivity contribution in [2.75, 3.05) is 7.05 Å². The van der Waals surface area contributed by atoms with Crippen molar-refractivity contribution >= 4 is 6.01 Å². The van der Waals surface area contributed by atoms with Gasteiger partial charge in [0.1, 0.15) is 22.2 Å². The molecule has 9 nitrogen and oxygen atoms in total. The van der Waals surface area contributed by atoms with Gasteiger partial charge < -0.3 is 0 Å².